The minimum Gasteiger partial charge on any atom is -0.383 e. The second-order valence-electron chi connectivity index (χ2n) is 5.25. The average Bonchev–Trinajstić information content (AvgIpc) is 2.51. The summed E-state index contributed by atoms with van der Waals surface area (Å²) in [6.45, 7) is 6.17. The van der Waals surface area contributed by atoms with Crippen LogP contribution in [0.4, 0.5) is 0 Å². The Morgan fingerprint density at radius 2 is 1.62 bits per heavy atom. The normalized spacial score (nSPS) is 12.8. The third-order valence-corrected chi connectivity index (χ3v) is 3.91. The van der Waals surface area contributed by atoms with Gasteiger partial charge >= 0.3 is 0 Å². The molecule has 0 bridgehead atoms. The molecular weight excluding hydrogens is 286 g/mol. The smallest absolute Gasteiger partial charge is 0.0712 e. The van der Waals surface area contributed by atoms with Gasteiger partial charge in [0, 0.05) is 33.9 Å². The van der Waals surface area contributed by atoms with Gasteiger partial charge in [-0.05, 0) is 17.5 Å². The number of ether oxygens (including phenoxy) is 2. The molecule has 0 aliphatic heterocycles. The molecule has 21 heavy (non-hydrogen) atoms. The number of halogens is 1. The molecule has 0 aliphatic carbocycles. The highest BCUT2D eigenvalue weighted by Gasteiger charge is 2.13. The Morgan fingerprint density at radius 1 is 1.05 bits per heavy atom. The van der Waals surface area contributed by atoms with E-state index in [0.29, 0.717) is 13.2 Å². The van der Waals surface area contributed by atoms with E-state index >= 15 is 0 Å². The predicted octanol–water partition coefficient (Wildman–Crippen LogP) is 3.51. The number of hydrogen-bond acceptors (Lipinski definition) is 3. The Kier molecular flexibility index (Phi) is 9.68. The molecule has 0 fully saturated rings. The predicted molar refractivity (Wildman–Crippen MR) is 89.2 cm³/mol. The summed E-state index contributed by atoms with van der Waals surface area (Å²) in [6.07, 6.45) is 2.30. The molecular formula is C17H28ClNO2. The maximum absolute atomic E-state index is 6.56. The van der Waals surface area contributed by atoms with Crippen LogP contribution >= 0.6 is 11.6 Å². The van der Waals surface area contributed by atoms with Gasteiger partial charge in [0.05, 0.1) is 18.6 Å². The number of rotatable bonds is 11. The van der Waals surface area contributed by atoms with Crippen LogP contribution in [0.3, 0.4) is 0 Å². The van der Waals surface area contributed by atoms with Crippen molar-refractivity contribution in [3.05, 3.63) is 35.4 Å². The van der Waals surface area contributed by atoms with Crippen LogP contribution in [0.25, 0.3) is 0 Å². The molecule has 1 unspecified atom stereocenters. The molecule has 0 amide bonds. The van der Waals surface area contributed by atoms with Crippen molar-refractivity contribution in [2.75, 3.05) is 47.1 Å². The fraction of sp³-hybridized carbons (Fsp3) is 0.647. The van der Waals surface area contributed by atoms with Crippen LogP contribution in [0, 0.1) is 0 Å². The van der Waals surface area contributed by atoms with Crippen molar-refractivity contribution in [3.8, 4) is 0 Å². The summed E-state index contributed by atoms with van der Waals surface area (Å²) >= 11 is 6.56. The zero-order valence-electron chi connectivity index (χ0n) is 13.5. The van der Waals surface area contributed by atoms with Crippen LogP contribution in [0.2, 0.25) is 0 Å². The SMILES string of the molecule is CCCc1ccc(C(Cl)CN(CCOC)CCOC)cc1. The Morgan fingerprint density at radius 3 is 2.10 bits per heavy atom. The van der Waals surface area contributed by atoms with Crippen molar-refractivity contribution in [3.63, 3.8) is 0 Å². The van der Waals surface area contributed by atoms with Gasteiger partial charge in [-0.1, -0.05) is 37.6 Å². The summed E-state index contributed by atoms with van der Waals surface area (Å²) in [5.74, 6) is 0. The minimum atomic E-state index is -0.00520. The first-order chi connectivity index (χ1) is 10.2. The molecule has 1 atom stereocenters. The Hall–Kier alpha value is -0.610. The van der Waals surface area contributed by atoms with E-state index in [0.717, 1.165) is 26.1 Å². The molecule has 0 aromatic heterocycles. The van der Waals surface area contributed by atoms with Gasteiger partial charge in [-0.3, -0.25) is 4.90 Å². The molecule has 0 heterocycles. The Bertz CT molecular complexity index is 362. The van der Waals surface area contributed by atoms with Crippen molar-refractivity contribution < 1.29 is 9.47 Å². The molecule has 3 nitrogen and oxygen atoms in total. The van der Waals surface area contributed by atoms with E-state index in [1.165, 1.54) is 17.5 Å². The average molecular weight is 314 g/mol. The van der Waals surface area contributed by atoms with E-state index in [2.05, 4.69) is 36.1 Å². The first-order valence-corrected chi connectivity index (χ1v) is 8.08. The molecule has 1 aromatic rings. The van der Waals surface area contributed by atoms with Gasteiger partial charge in [0.1, 0.15) is 0 Å². The molecule has 120 valence electrons. The molecule has 0 saturated heterocycles. The number of benzene rings is 1. The van der Waals surface area contributed by atoms with Crippen molar-refractivity contribution >= 4 is 11.6 Å². The van der Waals surface area contributed by atoms with Crippen LogP contribution in [0.15, 0.2) is 24.3 Å². The maximum Gasteiger partial charge on any atom is 0.0712 e. The lowest BCUT2D eigenvalue weighted by atomic mass is 10.1. The Balaban J connectivity index is 2.55. The standard InChI is InChI=1S/C17H28ClNO2/c1-4-5-15-6-8-16(9-7-15)17(18)14-19(10-12-20-2)11-13-21-3/h6-9,17H,4-5,10-14H2,1-3H3. The largest absolute Gasteiger partial charge is 0.383 e. The van der Waals surface area contributed by atoms with Gasteiger partial charge < -0.3 is 9.47 Å². The van der Waals surface area contributed by atoms with E-state index in [1.54, 1.807) is 14.2 Å². The zero-order valence-corrected chi connectivity index (χ0v) is 14.2. The summed E-state index contributed by atoms with van der Waals surface area (Å²) in [4.78, 5) is 2.28. The highest BCUT2D eigenvalue weighted by atomic mass is 35.5. The van der Waals surface area contributed by atoms with E-state index < -0.39 is 0 Å². The van der Waals surface area contributed by atoms with Crippen LogP contribution < -0.4 is 0 Å². The van der Waals surface area contributed by atoms with Crippen LogP contribution in [0.5, 0.6) is 0 Å². The molecule has 0 spiro atoms. The highest BCUT2D eigenvalue weighted by molar-refractivity contribution is 6.21. The highest BCUT2D eigenvalue weighted by Crippen LogP contribution is 2.22. The fourth-order valence-corrected chi connectivity index (χ4v) is 2.59. The summed E-state index contributed by atoms with van der Waals surface area (Å²) in [6, 6.07) is 8.66. The lowest BCUT2D eigenvalue weighted by molar-refractivity contribution is 0.114. The second-order valence-corrected chi connectivity index (χ2v) is 5.77. The minimum absolute atomic E-state index is 0.00520. The van der Waals surface area contributed by atoms with Crippen LogP contribution in [-0.4, -0.2) is 52.0 Å². The van der Waals surface area contributed by atoms with Gasteiger partial charge in [-0.15, -0.1) is 11.6 Å². The van der Waals surface area contributed by atoms with E-state index in [1.807, 2.05) is 0 Å². The van der Waals surface area contributed by atoms with Gasteiger partial charge in [-0.25, -0.2) is 0 Å². The van der Waals surface area contributed by atoms with Gasteiger partial charge in [-0.2, -0.15) is 0 Å². The van der Waals surface area contributed by atoms with Crippen molar-refractivity contribution in [1.82, 2.24) is 4.90 Å². The number of alkyl halides is 1. The first-order valence-electron chi connectivity index (χ1n) is 7.64. The molecule has 0 aliphatic rings. The van der Waals surface area contributed by atoms with Crippen LogP contribution in [-0.2, 0) is 15.9 Å². The maximum atomic E-state index is 6.56. The van der Waals surface area contributed by atoms with E-state index in [9.17, 15) is 0 Å². The summed E-state index contributed by atoms with van der Waals surface area (Å²) in [5.41, 5.74) is 2.55. The molecule has 1 aromatic carbocycles. The van der Waals surface area contributed by atoms with Crippen molar-refractivity contribution in [1.29, 1.82) is 0 Å². The van der Waals surface area contributed by atoms with Crippen molar-refractivity contribution in [2.24, 2.45) is 0 Å². The van der Waals surface area contributed by atoms with Gasteiger partial charge in [0.25, 0.3) is 0 Å². The topological polar surface area (TPSA) is 21.7 Å². The van der Waals surface area contributed by atoms with Gasteiger partial charge in [0.2, 0.25) is 0 Å². The molecule has 0 N–H and O–H groups in total. The third-order valence-electron chi connectivity index (χ3n) is 3.52. The molecule has 0 radical (unpaired) electrons. The van der Waals surface area contributed by atoms with E-state index in [-0.39, 0.29) is 5.38 Å². The summed E-state index contributed by atoms with van der Waals surface area (Å²) in [5, 5.41) is -0.00520. The number of aryl methyl sites for hydroxylation is 1. The second kappa shape index (κ2) is 11.0. The van der Waals surface area contributed by atoms with Crippen LogP contribution in [0.1, 0.15) is 29.8 Å². The molecule has 4 heteroatoms. The quantitative estimate of drug-likeness (QED) is 0.584. The third kappa shape index (κ3) is 7.28. The van der Waals surface area contributed by atoms with Gasteiger partial charge in [0.15, 0.2) is 0 Å². The lowest BCUT2D eigenvalue weighted by Crippen LogP contribution is -2.33. The molecule has 1 rings (SSSR count). The zero-order chi connectivity index (χ0) is 15.5. The fourth-order valence-electron chi connectivity index (χ4n) is 2.25. The number of nitrogens with zero attached hydrogens (tertiary/aromatic N) is 1. The summed E-state index contributed by atoms with van der Waals surface area (Å²) in [7, 11) is 3.44. The van der Waals surface area contributed by atoms with Crippen molar-refractivity contribution in [2.45, 2.75) is 25.1 Å². The number of hydrogen-bond donors (Lipinski definition) is 0. The number of methoxy groups -OCH3 is 2. The summed E-state index contributed by atoms with van der Waals surface area (Å²) < 4.78 is 10.3. The molecule has 0 saturated carbocycles. The Labute approximate surface area is 134 Å². The monoisotopic (exact) mass is 313 g/mol. The van der Waals surface area contributed by atoms with E-state index in [4.69, 9.17) is 21.1 Å². The first kappa shape index (κ1) is 18.4. The lowest BCUT2D eigenvalue weighted by Gasteiger charge is -2.24.